The molecule has 3 rings (SSSR count). The predicted octanol–water partition coefficient (Wildman–Crippen LogP) is 1.99. The minimum absolute atomic E-state index is 0.129. The number of alkyl halides is 1. The zero-order valence-corrected chi connectivity index (χ0v) is 10.7. The van der Waals surface area contributed by atoms with Crippen LogP contribution in [0.25, 0.3) is 0 Å². The first-order valence-electron chi connectivity index (χ1n) is 6.68. The van der Waals surface area contributed by atoms with Gasteiger partial charge < -0.3 is 0 Å². The molecule has 0 aromatic heterocycles. The van der Waals surface area contributed by atoms with E-state index < -0.39 is 12.1 Å². The second kappa shape index (κ2) is 4.44. The number of carbonyl (C=O) groups is 2. The van der Waals surface area contributed by atoms with Gasteiger partial charge in [-0.1, -0.05) is 24.3 Å². The highest BCUT2D eigenvalue weighted by Gasteiger charge is 2.54. The van der Waals surface area contributed by atoms with E-state index in [1.807, 2.05) is 24.3 Å². The zero-order valence-electron chi connectivity index (χ0n) is 10.7. The number of nitrogens with zero attached hydrogens (tertiary/aromatic N) is 1. The fraction of sp³-hybridized carbons (Fsp3) is 0.467. The topological polar surface area (TPSA) is 37.4 Å². The maximum atomic E-state index is 12.6. The van der Waals surface area contributed by atoms with Gasteiger partial charge in [-0.15, -0.1) is 0 Å². The van der Waals surface area contributed by atoms with Crippen molar-refractivity contribution < 1.29 is 14.0 Å². The summed E-state index contributed by atoms with van der Waals surface area (Å²) < 4.78 is 12.3. The molecule has 2 amide bonds. The van der Waals surface area contributed by atoms with E-state index in [0.717, 1.165) is 17.5 Å². The van der Waals surface area contributed by atoms with E-state index in [-0.39, 0.29) is 31.2 Å². The number of amides is 2. The summed E-state index contributed by atoms with van der Waals surface area (Å²) >= 11 is 0. The van der Waals surface area contributed by atoms with Crippen molar-refractivity contribution in [3.63, 3.8) is 0 Å². The first-order chi connectivity index (χ1) is 9.19. The van der Waals surface area contributed by atoms with Crippen molar-refractivity contribution in [3.8, 4) is 0 Å². The molecule has 100 valence electrons. The Balaban J connectivity index is 1.95. The molecule has 1 heterocycles. The van der Waals surface area contributed by atoms with Crippen molar-refractivity contribution in [2.24, 2.45) is 0 Å². The molecule has 1 aromatic rings. The lowest BCUT2D eigenvalue weighted by Crippen LogP contribution is -2.37. The van der Waals surface area contributed by atoms with Crippen LogP contribution < -0.4 is 0 Å². The third-order valence-electron chi connectivity index (χ3n) is 4.28. The number of aryl methyl sites for hydroxylation is 1. The summed E-state index contributed by atoms with van der Waals surface area (Å²) in [5, 5.41) is 0. The molecule has 1 saturated heterocycles. The molecule has 19 heavy (non-hydrogen) atoms. The van der Waals surface area contributed by atoms with E-state index in [4.69, 9.17) is 0 Å². The largest absolute Gasteiger partial charge is 0.282 e. The lowest BCUT2D eigenvalue weighted by atomic mass is 9.80. The maximum absolute atomic E-state index is 12.6. The van der Waals surface area contributed by atoms with Gasteiger partial charge >= 0.3 is 0 Å². The van der Waals surface area contributed by atoms with Gasteiger partial charge in [0.25, 0.3) is 0 Å². The number of fused-ring (bicyclic) bond motifs is 2. The van der Waals surface area contributed by atoms with Gasteiger partial charge in [0.2, 0.25) is 11.8 Å². The van der Waals surface area contributed by atoms with Gasteiger partial charge in [-0.2, -0.15) is 0 Å². The summed E-state index contributed by atoms with van der Waals surface area (Å²) in [5.74, 6) is -0.286. The predicted molar refractivity (Wildman–Crippen MR) is 68.4 cm³/mol. The smallest absolute Gasteiger partial charge is 0.240 e. The van der Waals surface area contributed by atoms with Gasteiger partial charge in [0.1, 0.15) is 0 Å². The van der Waals surface area contributed by atoms with Gasteiger partial charge in [-0.25, -0.2) is 0 Å². The van der Waals surface area contributed by atoms with E-state index in [0.29, 0.717) is 6.42 Å². The van der Waals surface area contributed by atoms with Crippen LogP contribution in [0.2, 0.25) is 0 Å². The second-order valence-electron chi connectivity index (χ2n) is 5.31. The molecule has 1 fully saturated rings. The molecule has 1 aliphatic heterocycles. The number of halogens is 1. The summed E-state index contributed by atoms with van der Waals surface area (Å²) in [7, 11) is 0. The first kappa shape index (κ1) is 12.3. The Morgan fingerprint density at radius 2 is 2.05 bits per heavy atom. The minimum atomic E-state index is -0.663. The van der Waals surface area contributed by atoms with E-state index >= 15 is 0 Å². The summed E-state index contributed by atoms with van der Waals surface area (Å²) in [6.07, 6.45) is 2.01. The lowest BCUT2D eigenvalue weighted by molar-refractivity contribution is -0.140. The van der Waals surface area contributed by atoms with Crippen molar-refractivity contribution in [1.29, 1.82) is 0 Å². The Morgan fingerprint density at radius 3 is 2.84 bits per heavy atom. The number of carbonyl (C=O) groups excluding carboxylic acids is 2. The Bertz CT molecular complexity index is 543. The van der Waals surface area contributed by atoms with Crippen LogP contribution in [0, 0.1) is 0 Å². The van der Waals surface area contributed by atoms with E-state index in [2.05, 4.69) is 0 Å². The fourth-order valence-corrected chi connectivity index (χ4v) is 3.34. The Morgan fingerprint density at radius 1 is 1.26 bits per heavy atom. The maximum Gasteiger partial charge on any atom is 0.240 e. The van der Waals surface area contributed by atoms with Crippen LogP contribution in [0.5, 0.6) is 0 Å². The minimum Gasteiger partial charge on any atom is -0.282 e. The van der Waals surface area contributed by atoms with Crippen LogP contribution in [0.15, 0.2) is 24.3 Å². The molecule has 1 aromatic carbocycles. The molecular formula is C15H16FNO2. The van der Waals surface area contributed by atoms with Crippen LogP contribution in [0.3, 0.4) is 0 Å². The van der Waals surface area contributed by atoms with Crippen LogP contribution in [-0.4, -0.2) is 29.9 Å². The van der Waals surface area contributed by atoms with E-state index in [1.165, 1.54) is 4.90 Å². The summed E-state index contributed by atoms with van der Waals surface area (Å²) in [5.41, 5.74) is 1.50. The number of imide groups is 1. The highest BCUT2D eigenvalue weighted by molar-refractivity contribution is 6.09. The highest BCUT2D eigenvalue weighted by Crippen LogP contribution is 2.46. The molecule has 0 bridgehead atoms. The molecule has 1 aliphatic carbocycles. The molecule has 4 heteroatoms. The third kappa shape index (κ3) is 1.70. The molecule has 2 aliphatic rings. The molecule has 1 spiro atoms. The van der Waals surface area contributed by atoms with Crippen LogP contribution in [0.4, 0.5) is 4.39 Å². The number of rotatable bonds is 3. The molecule has 1 atom stereocenters. The van der Waals surface area contributed by atoms with Crippen LogP contribution in [-0.2, 0) is 21.4 Å². The first-order valence-corrected chi connectivity index (χ1v) is 6.68. The van der Waals surface area contributed by atoms with Gasteiger partial charge in [-0.3, -0.25) is 18.9 Å². The highest BCUT2D eigenvalue weighted by atomic mass is 19.1. The number of benzene rings is 1. The Kier molecular flexibility index (Phi) is 2.88. The third-order valence-corrected chi connectivity index (χ3v) is 4.28. The van der Waals surface area contributed by atoms with Crippen molar-refractivity contribution >= 4 is 11.8 Å². The van der Waals surface area contributed by atoms with Gasteiger partial charge in [0, 0.05) is 13.0 Å². The molecule has 0 N–H and O–H groups in total. The summed E-state index contributed by atoms with van der Waals surface area (Å²) in [4.78, 5) is 25.9. The molecule has 3 nitrogen and oxygen atoms in total. The number of hydrogen-bond donors (Lipinski definition) is 0. The van der Waals surface area contributed by atoms with E-state index in [1.54, 1.807) is 0 Å². The lowest BCUT2D eigenvalue weighted by Gasteiger charge is -2.22. The molecule has 0 unspecified atom stereocenters. The Hall–Kier alpha value is -1.71. The van der Waals surface area contributed by atoms with Crippen molar-refractivity contribution in [2.75, 3.05) is 13.2 Å². The second-order valence-corrected chi connectivity index (χ2v) is 5.31. The summed E-state index contributed by atoms with van der Waals surface area (Å²) in [6.45, 7) is -0.293. The standard InChI is InChI=1S/C15H16FNO2/c16-8-3-9-17-13(18)10-15(14(17)19)7-6-11-4-1-2-5-12(11)15/h1-2,4-5H,3,6-10H2/t15-/m0/s1. The van der Waals surface area contributed by atoms with Gasteiger partial charge in [0.15, 0.2) is 0 Å². The van der Waals surface area contributed by atoms with Crippen LogP contribution in [0.1, 0.15) is 30.4 Å². The average Bonchev–Trinajstić information content (AvgIpc) is 2.90. The van der Waals surface area contributed by atoms with Crippen molar-refractivity contribution in [2.45, 2.75) is 31.1 Å². The number of likely N-dealkylation sites (tertiary alicyclic amines) is 1. The monoisotopic (exact) mass is 261 g/mol. The normalized spacial score (nSPS) is 25.4. The molecular weight excluding hydrogens is 245 g/mol. The zero-order chi connectivity index (χ0) is 13.5. The van der Waals surface area contributed by atoms with Crippen molar-refractivity contribution in [1.82, 2.24) is 4.90 Å². The SMILES string of the molecule is O=C1C[C@]2(CCc3ccccc32)C(=O)N1CCCF. The molecule has 0 radical (unpaired) electrons. The summed E-state index contributed by atoms with van der Waals surface area (Å²) in [6, 6.07) is 7.84. The molecule has 0 saturated carbocycles. The average molecular weight is 261 g/mol. The van der Waals surface area contributed by atoms with E-state index in [9.17, 15) is 14.0 Å². The quantitative estimate of drug-likeness (QED) is 0.780. The van der Waals surface area contributed by atoms with Crippen molar-refractivity contribution in [3.05, 3.63) is 35.4 Å². The number of hydrogen-bond acceptors (Lipinski definition) is 2. The Labute approximate surface area is 111 Å². The van der Waals surface area contributed by atoms with Crippen LogP contribution >= 0.6 is 0 Å². The fourth-order valence-electron chi connectivity index (χ4n) is 3.34. The van der Waals surface area contributed by atoms with Gasteiger partial charge in [0.05, 0.1) is 12.1 Å². The van der Waals surface area contributed by atoms with Gasteiger partial charge in [-0.05, 0) is 30.4 Å².